The molecule has 2 heteroatoms. The molecule has 3 rings (SSSR count). The topological polar surface area (TPSA) is 23.5 Å². The molecule has 0 amide bonds. The molecule has 2 nitrogen and oxygen atoms in total. The second-order valence-corrected chi connectivity index (χ2v) is 6.46. The normalized spacial score (nSPS) is 29.6. The lowest BCUT2D eigenvalue weighted by atomic mass is 9.67. The summed E-state index contributed by atoms with van der Waals surface area (Å²) in [5, 5.41) is 10.1. The second-order valence-electron chi connectivity index (χ2n) is 6.46. The molecule has 0 saturated heterocycles. The van der Waals surface area contributed by atoms with E-state index in [9.17, 15) is 5.11 Å². The van der Waals surface area contributed by atoms with Gasteiger partial charge < -0.3 is 10.0 Å². The van der Waals surface area contributed by atoms with Crippen molar-refractivity contribution in [1.82, 2.24) is 0 Å². The minimum absolute atomic E-state index is 0.109. The minimum atomic E-state index is -0.109. The van der Waals surface area contributed by atoms with Gasteiger partial charge in [-0.15, -0.1) is 0 Å². The summed E-state index contributed by atoms with van der Waals surface area (Å²) in [5.74, 6) is 0. The summed E-state index contributed by atoms with van der Waals surface area (Å²) in [5.41, 5.74) is 1.75. The number of para-hydroxylation sites is 1. The number of hydrogen-bond acceptors (Lipinski definition) is 2. The van der Waals surface area contributed by atoms with Gasteiger partial charge in [-0.25, -0.2) is 0 Å². The molecule has 2 aliphatic rings. The first-order valence-corrected chi connectivity index (χ1v) is 7.67. The number of aliphatic hydroxyl groups is 1. The van der Waals surface area contributed by atoms with Gasteiger partial charge in [0.1, 0.15) is 0 Å². The van der Waals surface area contributed by atoms with Crippen molar-refractivity contribution in [3.8, 4) is 0 Å². The van der Waals surface area contributed by atoms with Gasteiger partial charge >= 0.3 is 0 Å². The number of aliphatic hydroxyl groups excluding tert-OH is 1. The zero-order valence-electron chi connectivity index (χ0n) is 11.9. The summed E-state index contributed by atoms with van der Waals surface area (Å²) in [6, 6.07) is 11.1. The highest BCUT2D eigenvalue weighted by Crippen LogP contribution is 2.51. The molecule has 0 aliphatic heterocycles. The summed E-state index contributed by atoms with van der Waals surface area (Å²) in [7, 11) is 2.21. The Labute approximate surface area is 116 Å². The average molecular weight is 259 g/mol. The molecule has 2 atom stereocenters. The Kier molecular flexibility index (Phi) is 3.53. The van der Waals surface area contributed by atoms with Crippen molar-refractivity contribution >= 4 is 5.69 Å². The third kappa shape index (κ3) is 2.38. The maximum absolute atomic E-state index is 10.1. The first kappa shape index (κ1) is 13.0. The van der Waals surface area contributed by atoms with Crippen LogP contribution < -0.4 is 4.90 Å². The molecule has 0 bridgehead atoms. The van der Waals surface area contributed by atoms with Crippen molar-refractivity contribution in [1.29, 1.82) is 0 Å². The molecule has 1 aromatic rings. The quantitative estimate of drug-likeness (QED) is 0.877. The Bertz CT molecular complexity index is 411. The van der Waals surface area contributed by atoms with Crippen LogP contribution in [0.2, 0.25) is 0 Å². The monoisotopic (exact) mass is 259 g/mol. The van der Waals surface area contributed by atoms with E-state index >= 15 is 0 Å². The van der Waals surface area contributed by atoms with Gasteiger partial charge in [0.2, 0.25) is 0 Å². The third-order valence-corrected chi connectivity index (χ3v) is 5.41. The zero-order chi connectivity index (χ0) is 13.3. The third-order valence-electron chi connectivity index (χ3n) is 5.41. The molecule has 0 heterocycles. The summed E-state index contributed by atoms with van der Waals surface area (Å²) < 4.78 is 0. The molecule has 0 aromatic heterocycles. The van der Waals surface area contributed by atoms with Crippen LogP contribution in [0.4, 0.5) is 5.69 Å². The number of nitrogens with zero attached hydrogens (tertiary/aromatic N) is 1. The SMILES string of the molecule is CN(c1ccccc1)C1CC(O)CCC12CCCC2. The predicted molar refractivity (Wildman–Crippen MR) is 79.4 cm³/mol. The van der Waals surface area contributed by atoms with Crippen molar-refractivity contribution in [3.63, 3.8) is 0 Å². The van der Waals surface area contributed by atoms with E-state index in [-0.39, 0.29) is 6.10 Å². The van der Waals surface area contributed by atoms with Gasteiger partial charge in [-0.1, -0.05) is 31.0 Å². The van der Waals surface area contributed by atoms with Crippen LogP contribution in [-0.4, -0.2) is 24.3 Å². The average Bonchev–Trinajstić information content (AvgIpc) is 2.91. The van der Waals surface area contributed by atoms with Gasteiger partial charge in [0.05, 0.1) is 6.10 Å². The Morgan fingerprint density at radius 3 is 2.47 bits per heavy atom. The zero-order valence-corrected chi connectivity index (χ0v) is 11.9. The molecule has 2 aliphatic carbocycles. The largest absolute Gasteiger partial charge is 0.393 e. The van der Waals surface area contributed by atoms with Crippen LogP contribution in [0.25, 0.3) is 0 Å². The summed E-state index contributed by atoms with van der Waals surface area (Å²) in [4.78, 5) is 2.42. The van der Waals surface area contributed by atoms with E-state index in [1.54, 1.807) is 0 Å². The molecule has 0 radical (unpaired) electrons. The van der Waals surface area contributed by atoms with Gasteiger partial charge in [0.15, 0.2) is 0 Å². The number of benzene rings is 1. The Morgan fingerprint density at radius 2 is 1.79 bits per heavy atom. The van der Waals surface area contributed by atoms with Gasteiger partial charge in [-0.3, -0.25) is 0 Å². The van der Waals surface area contributed by atoms with Crippen molar-refractivity contribution in [2.24, 2.45) is 5.41 Å². The maximum Gasteiger partial charge on any atom is 0.0560 e. The van der Waals surface area contributed by atoms with Crippen LogP contribution in [0, 0.1) is 5.41 Å². The van der Waals surface area contributed by atoms with Crippen LogP contribution in [-0.2, 0) is 0 Å². The minimum Gasteiger partial charge on any atom is -0.393 e. The van der Waals surface area contributed by atoms with Crippen molar-refractivity contribution in [3.05, 3.63) is 30.3 Å². The lowest BCUT2D eigenvalue weighted by Gasteiger charge is -2.48. The molecule has 2 saturated carbocycles. The highest BCUT2D eigenvalue weighted by atomic mass is 16.3. The number of rotatable bonds is 2. The molecule has 19 heavy (non-hydrogen) atoms. The van der Waals surface area contributed by atoms with Crippen molar-refractivity contribution in [2.45, 2.75) is 57.1 Å². The van der Waals surface area contributed by atoms with E-state index in [4.69, 9.17) is 0 Å². The van der Waals surface area contributed by atoms with Gasteiger partial charge in [-0.2, -0.15) is 0 Å². The molecule has 1 aromatic carbocycles. The number of hydrogen-bond donors (Lipinski definition) is 1. The molecule has 2 fully saturated rings. The lowest BCUT2D eigenvalue weighted by Crippen LogP contribution is -2.50. The summed E-state index contributed by atoms with van der Waals surface area (Å²) in [6.45, 7) is 0. The lowest BCUT2D eigenvalue weighted by molar-refractivity contribution is 0.0454. The van der Waals surface area contributed by atoms with E-state index in [0.717, 1.165) is 12.8 Å². The first-order chi connectivity index (χ1) is 9.21. The second kappa shape index (κ2) is 5.16. The van der Waals surface area contributed by atoms with Gasteiger partial charge in [-0.05, 0) is 49.7 Å². The van der Waals surface area contributed by atoms with E-state index in [1.165, 1.54) is 37.8 Å². The van der Waals surface area contributed by atoms with Crippen LogP contribution in [0.3, 0.4) is 0 Å². The van der Waals surface area contributed by atoms with Crippen LogP contribution in [0.1, 0.15) is 44.9 Å². The fourth-order valence-electron chi connectivity index (χ4n) is 4.32. The molecule has 1 N–H and O–H groups in total. The van der Waals surface area contributed by atoms with E-state index in [1.807, 2.05) is 0 Å². The Balaban J connectivity index is 1.86. The Hall–Kier alpha value is -1.02. The van der Waals surface area contributed by atoms with Crippen molar-refractivity contribution in [2.75, 3.05) is 11.9 Å². The predicted octanol–water partition coefficient (Wildman–Crippen LogP) is 3.60. The van der Waals surface area contributed by atoms with Crippen LogP contribution in [0.5, 0.6) is 0 Å². The van der Waals surface area contributed by atoms with E-state index in [0.29, 0.717) is 11.5 Å². The molecule has 1 spiro atoms. The summed E-state index contributed by atoms with van der Waals surface area (Å²) >= 11 is 0. The highest BCUT2D eigenvalue weighted by molar-refractivity contribution is 5.47. The van der Waals surface area contributed by atoms with Gasteiger partial charge in [0.25, 0.3) is 0 Å². The number of anilines is 1. The molecular formula is C17H25NO. The van der Waals surface area contributed by atoms with Gasteiger partial charge in [0, 0.05) is 18.8 Å². The fraction of sp³-hybridized carbons (Fsp3) is 0.647. The molecule has 104 valence electrons. The van der Waals surface area contributed by atoms with Crippen molar-refractivity contribution < 1.29 is 5.11 Å². The molecular weight excluding hydrogens is 234 g/mol. The smallest absolute Gasteiger partial charge is 0.0560 e. The van der Waals surface area contributed by atoms with Crippen LogP contribution in [0.15, 0.2) is 30.3 Å². The van der Waals surface area contributed by atoms with E-state index in [2.05, 4.69) is 42.3 Å². The van der Waals surface area contributed by atoms with E-state index < -0.39 is 0 Å². The molecule has 2 unspecified atom stereocenters. The standard InChI is InChI=1S/C17H25NO/c1-18(14-7-3-2-4-8-14)16-13-15(19)9-12-17(16)10-5-6-11-17/h2-4,7-8,15-16,19H,5-6,9-13H2,1H3. The highest BCUT2D eigenvalue weighted by Gasteiger charge is 2.46. The first-order valence-electron chi connectivity index (χ1n) is 7.67. The maximum atomic E-state index is 10.1. The Morgan fingerprint density at radius 1 is 1.11 bits per heavy atom. The summed E-state index contributed by atoms with van der Waals surface area (Å²) in [6.07, 6.45) is 8.47. The fourth-order valence-corrected chi connectivity index (χ4v) is 4.32. The van der Waals surface area contributed by atoms with Crippen LogP contribution >= 0.6 is 0 Å².